The molecule has 3 nitrogen and oxygen atoms in total. The highest BCUT2D eigenvalue weighted by molar-refractivity contribution is 7.22. The predicted octanol–water partition coefficient (Wildman–Crippen LogP) is 4.32. The minimum Gasteiger partial charge on any atom is -0.367 e. The molecule has 0 aliphatic carbocycles. The van der Waals surface area contributed by atoms with Gasteiger partial charge in [-0.3, -0.25) is 0 Å². The zero-order valence-corrected chi connectivity index (χ0v) is 12.0. The second-order valence-electron chi connectivity index (χ2n) is 4.85. The van der Waals surface area contributed by atoms with Gasteiger partial charge in [-0.25, -0.2) is 14.4 Å². The Labute approximate surface area is 120 Å². The molecule has 0 radical (unpaired) electrons. The highest BCUT2D eigenvalue weighted by Crippen LogP contribution is 2.35. The van der Waals surface area contributed by atoms with Gasteiger partial charge in [0.25, 0.3) is 0 Å². The van der Waals surface area contributed by atoms with Gasteiger partial charge in [0, 0.05) is 10.9 Å². The number of fused-ring (bicyclic) bond motifs is 1. The number of anilines is 1. The van der Waals surface area contributed by atoms with Crippen LogP contribution in [0.2, 0.25) is 0 Å². The first-order chi connectivity index (χ1) is 9.63. The van der Waals surface area contributed by atoms with Crippen molar-refractivity contribution in [2.75, 3.05) is 5.32 Å². The average molecular weight is 287 g/mol. The molecular weight excluding hydrogens is 273 g/mol. The van der Waals surface area contributed by atoms with Gasteiger partial charge in [-0.15, -0.1) is 11.3 Å². The normalized spacial score (nSPS) is 11.2. The number of halogens is 1. The molecular formula is C15H14FN3S. The molecule has 0 aliphatic heterocycles. The quantitative estimate of drug-likeness (QED) is 0.779. The van der Waals surface area contributed by atoms with Crippen LogP contribution in [-0.2, 0) is 0 Å². The third-order valence-corrected chi connectivity index (χ3v) is 4.05. The summed E-state index contributed by atoms with van der Waals surface area (Å²) >= 11 is 1.61. The van der Waals surface area contributed by atoms with E-state index in [9.17, 15) is 4.39 Å². The maximum absolute atomic E-state index is 13.0. The van der Waals surface area contributed by atoms with Crippen LogP contribution in [0.15, 0.2) is 36.7 Å². The molecule has 5 heteroatoms. The summed E-state index contributed by atoms with van der Waals surface area (Å²) in [5.41, 5.74) is 1.90. The van der Waals surface area contributed by atoms with Crippen LogP contribution in [0.5, 0.6) is 0 Å². The zero-order valence-electron chi connectivity index (χ0n) is 11.2. The SMILES string of the molecule is CC(C)Nc1ncnc2cc(-c3ccc(F)cc3)sc12. The number of hydrogen-bond acceptors (Lipinski definition) is 4. The van der Waals surface area contributed by atoms with Crippen molar-refractivity contribution in [2.24, 2.45) is 0 Å². The highest BCUT2D eigenvalue weighted by Gasteiger charge is 2.10. The Balaban J connectivity index is 2.08. The molecule has 0 amide bonds. The zero-order chi connectivity index (χ0) is 14.1. The lowest BCUT2D eigenvalue weighted by molar-refractivity contribution is 0.628. The van der Waals surface area contributed by atoms with E-state index in [0.29, 0.717) is 6.04 Å². The van der Waals surface area contributed by atoms with Gasteiger partial charge in [0.05, 0.1) is 10.2 Å². The smallest absolute Gasteiger partial charge is 0.147 e. The molecule has 0 saturated heterocycles. The Morgan fingerprint density at radius 1 is 1.15 bits per heavy atom. The fraction of sp³-hybridized carbons (Fsp3) is 0.200. The van der Waals surface area contributed by atoms with Crippen LogP contribution < -0.4 is 5.32 Å². The molecule has 0 spiro atoms. The molecule has 1 aromatic carbocycles. The maximum atomic E-state index is 13.0. The fourth-order valence-corrected chi connectivity index (χ4v) is 3.06. The molecule has 0 saturated carbocycles. The van der Waals surface area contributed by atoms with Crippen LogP contribution in [-0.4, -0.2) is 16.0 Å². The van der Waals surface area contributed by atoms with Gasteiger partial charge in [0.2, 0.25) is 0 Å². The third-order valence-electron chi connectivity index (χ3n) is 2.87. The van der Waals surface area contributed by atoms with Crippen LogP contribution in [0.3, 0.4) is 0 Å². The van der Waals surface area contributed by atoms with Crippen molar-refractivity contribution in [3.63, 3.8) is 0 Å². The molecule has 3 rings (SSSR count). The van der Waals surface area contributed by atoms with Gasteiger partial charge >= 0.3 is 0 Å². The van der Waals surface area contributed by atoms with E-state index in [1.807, 2.05) is 6.07 Å². The number of benzene rings is 1. The number of thiophene rings is 1. The molecule has 1 N–H and O–H groups in total. The third kappa shape index (κ3) is 2.49. The second-order valence-corrected chi connectivity index (χ2v) is 5.91. The minimum atomic E-state index is -0.225. The molecule has 0 bridgehead atoms. The van der Waals surface area contributed by atoms with E-state index in [4.69, 9.17) is 0 Å². The van der Waals surface area contributed by atoms with Gasteiger partial charge in [0.15, 0.2) is 0 Å². The Kier molecular flexibility index (Phi) is 3.36. The lowest BCUT2D eigenvalue weighted by atomic mass is 10.2. The van der Waals surface area contributed by atoms with Crippen molar-refractivity contribution in [1.29, 1.82) is 0 Å². The van der Waals surface area contributed by atoms with Gasteiger partial charge in [-0.05, 0) is 37.6 Å². The molecule has 0 aliphatic rings. The van der Waals surface area contributed by atoms with Crippen molar-refractivity contribution < 1.29 is 4.39 Å². The first-order valence-electron chi connectivity index (χ1n) is 6.40. The molecule has 2 aromatic heterocycles. The highest BCUT2D eigenvalue weighted by atomic mass is 32.1. The summed E-state index contributed by atoms with van der Waals surface area (Å²) in [5.74, 6) is 0.625. The molecule has 0 fully saturated rings. The molecule has 102 valence electrons. The standard InChI is InChI=1S/C15H14FN3S/c1-9(2)19-15-14-12(17-8-18-15)7-13(20-14)10-3-5-11(16)6-4-10/h3-9H,1-2H3,(H,17,18,19). The van der Waals surface area contributed by atoms with Gasteiger partial charge in [-0.2, -0.15) is 0 Å². The van der Waals surface area contributed by atoms with E-state index in [1.165, 1.54) is 12.1 Å². The molecule has 0 unspecified atom stereocenters. The molecule has 3 aromatic rings. The van der Waals surface area contributed by atoms with Gasteiger partial charge < -0.3 is 5.32 Å². The summed E-state index contributed by atoms with van der Waals surface area (Å²) in [6.45, 7) is 4.14. The number of hydrogen-bond donors (Lipinski definition) is 1. The van der Waals surface area contributed by atoms with Crippen molar-refractivity contribution in [1.82, 2.24) is 9.97 Å². The Hall–Kier alpha value is -2.01. The molecule has 0 atom stereocenters. The second kappa shape index (κ2) is 5.17. The van der Waals surface area contributed by atoms with E-state index >= 15 is 0 Å². The Morgan fingerprint density at radius 3 is 2.60 bits per heavy atom. The molecule has 2 heterocycles. The number of nitrogens with one attached hydrogen (secondary N) is 1. The van der Waals surface area contributed by atoms with Crippen LogP contribution in [0.4, 0.5) is 10.2 Å². The average Bonchev–Trinajstić information content (AvgIpc) is 2.84. The summed E-state index contributed by atoms with van der Waals surface area (Å²) in [6, 6.07) is 8.83. The number of nitrogens with zero attached hydrogens (tertiary/aromatic N) is 2. The van der Waals surface area contributed by atoms with Gasteiger partial charge in [0.1, 0.15) is 18.0 Å². The summed E-state index contributed by atoms with van der Waals surface area (Å²) in [4.78, 5) is 9.66. The van der Waals surface area contributed by atoms with Crippen LogP contribution in [0, 0.1) is 5.82 Å². The number of aromatic nitrogens is 2. The van der Waals surface area contributed by atoms with Gasteiger partial charge in [-0.1, -0.05) is 12.1 Å². The largest absolute Gasteiger partial charge is 0.367 e. The number of rotatable bonds is 3. The van der Waals surface area contributed by atoms with Crippen molar-refractivity contribution >= 4 is 27.4 Å². The minimum absolute atomic E-state index is 0.225. The van der Waals surface area contributed by atoms with E-state index in [0.717, 1.165) is 26.5 Å². The summed E-state index contributed by atoms with van der Waals surface area (Å²) < 4.78 is 14.0. The van der Waals surface area contributed by atoms with E-state index in [-0.39, 0.29) is 5.82 Å². The topological polar surface area (TPSA) is 37.8 Å². The predicted molar refractivity (Wildman–Crippen MR) is 81.6 cm³/mol. The van der Waals surface area contributed by atoms with Crippen molar-refractivity contribution in [3.05, 3.63) is 42.5 Å². The summed E-state index contributed by atoms with van der Waals surface area (Å²) in [6.07, 6.45) is 1.56. The monoisotopic (exact) mass is 287 g/mol. The fourth-order valence-electron chi connectivity index (χ4n) is 1.99. The lowest BCUT2D eigenvalue weighted by Gasteiger charge is -2.08. The van der Waals surface area contributed by atoms with E-state index in [2.05, 4.69) is 29.1 Å². The van der Waals surface area contributed by atoms with Crippen molar-refractivity contribution in [2.45, 2.75) is 19.9 Å². The lowest BCUT2D eigenvalue weighted by Crippen LogP contribution is -2.10. The Bertz CT molecular complexity index is 734. The summed E-state index contributed by atoms with van der Waals surface area (Å²) in [7, 11) is 0. The van der Waals surface area contributed by atoms with E-state index < -0.39 is 0 Å². The maximum Gasteiger partial charge on any atom is 0.147 e. The van der Waals surface area contributed by atoms with E-state index in [1.54, 1.807) is 29.8 Å². The summed E-state index contributed by atoms with van der Waals surface area (Å²) in [5, 5.41) is 3.32. The van der Waals surface area contributed by atoms with Crippen LogP contribution >= 0.6 is 11.3 Å². The first kappa shape index (κ1) is 13.0. The van der Waals surface area contributed by atoms with Crippen LogP contribution in [0.25, 0.3) is 20.7 Å². The Morgan fingerprint density at radius 2 is 1.90 bits per heavy atom. The van der Waals surface area contributed by atoms with Crippen LogP contribution in [0.1, 0.15) is 13.8 Å². The first-order valence-corrected chi connectivity index (χ1v) is 7.22. The molecule has 20 heavy (non-hydrogen) atoms. The van der Waals surface area contributed by atoms with Crippen molar-refractivity contribution in [3.8, 4) is 10.4 Å².